The van der Waals surface area contributed by atoms with Gasteiger partial charge in [0.25, 0.3) is 5.91 Å². The van der Waals surface area contributed by atoms with Crippen molar-refractivity contribution in [2.24, 2.45) is 0 Å². The first-order valence-electron chi connectivity index (χ1n) is 8.29. The molecule has 4 rings (SSSR count). The molecule has 1 aromatic heterocycles. The van der Waals surface area contributed by atoms with E-state index in [4.69, 9.17) is 16.3 Å². The van der Waals surface area contributed by atoms with Crippen LogP contribution in [0.3, 0.4) is 0 Å². The molecule has 2 N–H and O–H groups in total. The molecule has 0 saturated heterocycles. The summed E-state index contributed by atoms with van der Waals surface area (Å²) in [7, 11) is 0. The Labute approximate surface area is 178 Å². The number of rotatable bonds is 4. The molecule has 0 fully saturated rings. The zero-order chi connectivity index (χ0) is 19.8. The van der Waals surface area contributed by atoms with Crippen LogP contribution in [-0.4, -0.2) is 23.1 Å². The molecule has 28 heavy (non-hydrogen) atoms. The van der Waals surface area contributed by atoms with Crippen molar-refractivity contribution >= 4 is 56.4 Å². The van der Waals surface area contributed by atoms with Crippen molar-refractivity contribution in [2.75, 3.05) is 5.32 Å². The van der Waals surface area contributed by atoms with Crippen LogP contribution in [0.5, 0.6) is 5.75 Å². The smallest absolute Gasteiger partial charge is 0.339 e. The van der Waals surface area contributed by atoms with Crippen molar-refractivity contribution in [1.82, 2.24) is 0 Å². The summed E-state index contributed by atoms with van der Waals surface area (Å²) < 4.78 is 6.58. The zero-order valence-electron chi connectivity index (χ0n) is 14.2. The number of benzene rings is 2. The van der Waals surface area contributed by atoms with Gasteiger partial charge in [-0.25, -0.2) is 4.79 Å². The van der Waals surface area contributed by atoms with Crippen LogP contribution in [0.25, 0.3) is 10.4 Å². The molecular weight excluding hydrogens is 466 g/mol. The zero-order valence-corrected chi connectivity index (χ0v) is 17.4. The summed E-state index contributed by atoms with van der Waals surface area (Å²) in [6.07, 6.45) is -0.348. The number of nitrogens with one attached hydrogen (secondary N) is 1. The maximum Gasteiger partial charge on any atom is 0.339 e. The van der Waals surface area contributed by atoms with Crippen molar-refractivity contribution in [1.29, 1.82) is 0 Å². The van der Waals surface area contributed by atoms with Crippen molar-refractivity contribution in [3.05, 3.63) is 68.5 Å². The molecule has 1 aliphatic heterocycles. The van der Waals surface area contributed by atoms with Gasteiger partial charge in [0, 0.05) is 21.3 Å². The molecule has 1 unspecified atom stereocenters. The monoisotopic (exact) mass is 477 g/mol. The van der Waals surface area contributed by atoms with Crippen LogP contribution < -0.4 is 10.1 Å². The Hall–Kier alpha value is -2.35. The van der Waals surface area contributed by atoms with Gasteiger partial charge in [-0.15, -0.1) is 11.3 Å². The van der Waals surface area contributed by atoms with E-state index < -0.39 is 18.0 Å². The predicted octanol–water partition coefficient (Wildman–Crippen LogP) is 5.47. The first kappa shape index (κ1) is 19.0. The van der Waals surface area contributed by atoms with Crippen molar-refractivity contribution in [2.45, 2.75) is 12.5 Å². The lowest BCUT2D eigenvalue weighted by molar-refractivity contribution is -0.122. The minimum atomic E-state index is -1.10. The van der Waals surface area contributed by atoms with Gasteiger partial charge in [0.2, 0.25) is 0 Å². The van der Waals surface area contributed by atoms with E-state index in [2.05, 4.69) is 21.2 Å². The summed E-state index contributed by atoms with van der Waals surface area (Å²) in [5.74, 6) is -0.879. The predicted molar refractivity (Wildman–Crippen MR) is 113 cm³/mol. The summed E-state index contributed by atoms with van der Waals surface area (Å²) in [6.45, 7) is 0. The fraction of sp³-hybridized carbons (Fsp3) is 0.100. The second-order valence-corrected chi connectivity index (χ2v) is 8.45. The third-order valence-corrected chi connectivity index (χ3v) is 6.15. The Morgan fingerprint density at radius 2 is 1.96 bits per heavy atom. The molecule has 0 spiro atoms. The fourth-order valence-electron chi connectivity index (χ4n) is 3.05. The molecule has 1 amide bonds. The van der Waals surface area contributed by atoms with Gasteiger partial charge >= 0.3 is 5.97 Å². The van der Waals surface area contributed by atoms with E-state index in [1.807, 2.05) is 24.3 Å². The van der Waals surface area contributed by atoms with Gasteiger partial charge in [0.1, 0.15) is 11.3 Å². The normalized spacial score (nSPS) is 15.0. The molecule has 1 aliphatic rings. The quantitative estimate of drug-likeness (QED) is 0.521. The number of fused-ring (bicyclic) bond motifs is 1. The van der Waals surface area contributed by atoms with Crippen LogP contribution in [-0.2, 0) is 11.2 Å². The van der Waals surface area contributed by atoms with E-state index in [0.717, 1.165) is 15.6 Å². The second kappa shape index (κ2) is 7.58. The highest BCUT2D eigenvalue weighted by atomic mass is 79.9. The number of carbonyl (C=O) groups is 2. The van der Waals surface area contributed by atoms with Crippen molar-refractivity contribution in [3.63, 3.8) is 0 Å². The Morgan fingerprint density at radius 3 is 2.68 bits per heavy atom. The summed E-state index contributed by atoms with van der Waals surface area (Å²) in [5, 5.41) is 14.6. The van der Waals surface area contributed by atoms with Crippen LogP contribution in [0, 0.1) is 0 Å². The highest BCUT2D eigenvalue weighted by Crippen LogP contribution is 2.37. The molecular formula is C20H13BrClNO4S. The van der Waals surface area contributed by atoms with Crippen molar-refractivity contribution < 1.29 is 19.4 Å². The molecule has 5 nitrogen and oxygen atoms in total. The number of halogens is 2. The minimum Gasteiger partial charge on any atom is -0.480 e. The molecule has 2 heterocycles. The number of carbonyl (C=O) groups excluding carboxylic acids is 1. The number of anilines is 1. The topological polar surface area (TPSA) is 75.6 Å². The van der Waals surface area contributed by atoms with E-state index >= 15 is 0 Å². The van der Waals surface area contributed by atoms with E-state index in [0.29, 0.717) is 22.1 Å². The molecule has 2 aromatic carbocycles. The van der Waals surface area contributed by atoms with E-state index in [9.17, 15) is 14.7 Å². The van der Waals surface area contributed by atoms with Crippen LogP contribution in [0.2, 0.25) is 5.02 Å². The lowest BCUT2D eigenvalue weighted by Crippen LogP contribution is -2.31. The number of hydrogen-bond acceptors (Lipinski definition) is 4. The Bertz CT molecular complexity index is 1080. The van der Waals surface area contributed by atoms with Crippen LogP contribution in [0.1, 0.15) is 15.9 Å². The maximum absolute atomic E-state index is 12.7. The first-order chi connectivity index (χ1) is 13.4. The lowest BCUT2D eigenvalue weighted by Gasteiger charge is -2.11. The SMILES string of the molecule is O=C(O)c1c(NC(=O)C2Cc3cc(Cl)ccc3O2)csc1-c1ccc(Br)cc1. The molecule has 8 heteroatoms. The number of thiophene rings is 1. The van der Waals surface area contributed by atoms with E-state index in [1.165, 1.54) is 11.3 Å². The second-order valence-electron chi connectivity index (χ2n) is 6.22. The fourth-order valence-corrected chi connectivity index (χ4v) is 4.51. The molecule has 142 valence electrons. The molecule has 1 atom stereocenters. The van der Waals surface area contributed by atoms with Gasteiger partial charge < -0.3 is 15.2 Å². The average molecular weight is 479 g/mol. The van der Waals surface area contributed by atoms with Gasteiger partial charge in [0.05, 0.1) is 10.6 Å². The average Bonchev–Trinajstić information content (AvgIpc) is 3.26. The number of carboxylic acid groups (broad SMARTS) is 1. The van der Waals surface area contributed by atoms with Gasteiger partial charge in [0.15, 0.2) is 6.10 Å². The van der Waals surface area contributed by atoms with Gasteiger partial charge in [-0.3, -0.25) is 4.79 Å². The molecule has 3 aromatic rings. The minimum absolute atomic E-state index is 0.0687. The van der Waals surface area contributed by atoms with Crippen molar-refractivity contribution in [3.8, 4) is 16.2 Å². The summed E-state index contributed by atoms with van der Waals surface area (Å²) >= 11 is 10.6. The number of carboxylic acids is 1. The number of ether oxygens (including phenoxy) is 1. The Balaban J connectivity index is 1.58. The molecule has 0 aliphatic carbocycles. The molecule has 0 radical (unpaired) electrons. The van der Waals surface area contributed by atoms with Gasteiger partial charge in [-0.05, 0) is 41.5 Å². The number of hydrogen-bond donors (Lipinski definition) is 2. The van der Waals surface area contributed by atoms with E-state index in [1.54, 1.807) is 23.6 Å². The standard InChI is InChI=1S/C20H13BrClNO4S/c21-12-3-1-10(2-4-12)18-17(20(25)26)14(9-28-18)23-19(24)16-8-11-7-13(22)5-6-15(11)27-16/h1-7,9,16H,8H2,(H,23,24)(H,25,26). The Morgan fingerprint density at radius 1 is 1.21 bits per heavy atom. The summed E-state index contributed by atoms with van der Waals surface area (Å²) in [6, 6.07) is 12.5. The van der Waals surface area contributed by atoms with Crippen LogP contribution in [0.4, 0.5) is 5.69 Å². The third-order valence-electron chi connectivity index (χ3n) is 4.36. The van der Waals surface area contributed by atoms with Gasteiger partial charge in [-0.1, -0.05) is 39.7 Å². The number of aromatic carboxylic acids is 1. The largest absolute Gasteiger partial charge is 0.480 e. The molecule has 0 saturated carbocycles. The van der Waals surface area contributed by atoms with Crippen LogP contribution >= 0.6 is 38.9 Å². The maximum atomic E-state index is 12.7. The highest BCUT2D eigenvalue weighted by molar-refractivity contribution is 9.10. The first-order valence-corrected chi connectivity index (χ1v) is 10.3. The third kappa shape index (κ3) is 3.65. The van der Waals surface area contributed by atoms with E-state index in [-0.39, 0.29) is 11.3 Å². The summed E-state index contributed by atoms with van der Waals surface area (Å²) in [4.78, 5) is 25.1. The Kier molecular flexibility index (Phi) is 5.14. The van der Waals surface area contributed by atoms with Crippen LogP contribution in [0.15, 0.2) is 52.3 Å². The lowest BCUT2D eigenvalue weighted by atomic mass is 10.1. The molecule has 0 bridgehead atoms. The summed E-state index contributed by atoms with van der Waals surface area (Å²) in [5.41, 5.74) is 1.95. The highest BCUT2D eigenvalue weighted by Gasteiger charge is 2.31. The van der Waals surface area contributed by atoms with Gasteiger partial charge in [-0.2, -0.15) is 0 Å². The number of amides is 1.